The monoisotopic (exact) mass is 304 g/mol. The van der Waals surface area contributed by atoms with Crippen molar-refractivity contribution in [3.8, 4) is 0 Å². The van der Waals surface area contributed by atoms with E-state index in [0.29, 0.717) is 5.56 Å². The van der Waals surface area contributed by atoms with E-state index in [-0.39, 0.29) is 0 Å². The number of carbonyl (C=O) groups is 2. The molecule has 1 amide bonds. The molecular weight excluding hydrogens is 297 g/mol. The predicted octanol–water partition coefficient (Wildman–Crippen LogP) is -0.229. The third-order valence-corrected chi connectivity index (χ3v) is 2.22. The number of carbonyl (C=O) groups excluding carboxylic acids is 2. The van der Waals surface area contributed by atoms with Gasteiger partial charge in [-0.05, 0) is 46.9 Å². The molecule has 0 bridgehead atoms. The molecule has 0 radical (unpaired) electrons. The molecule has 14 heavy (non-hydrogen) atoms. The third-order valence-electron chi connectivity index (χ3n) is 1.50. The van der Waals surface area contributed by atoms with Gasteiger partial charge in [0.05, 0.1) is 12.5 Å². The minimum absolute atomic E-state index is 0.411. The summed E-state index contributed by atoms with van der Waals surface area (Å²) in [6, 6.07) is 6.81. The Morgan fingerprint density at radius 2 is 1.86 bits per heavy atom. The van der Waals surface area contributed by atoms with E-state index in [1.165, 1.54) is 0 Å². The molecule has 0 saturated heterocycles. The van der Waals surface area contributed by atoms with Gasteiger partial charge in [0.1, 0.15) is 0 Å². The zero-order valence-corrected chi connectivity index (χ0v) is 9.28. The minimum Gasteiger partial charge on any atom is -0.548 e. The highest BCUT2D eigenvalue weighted by molar-refractivity contribution is 14.1. The standard InChI is InChI=1S/C9H8INO3/c10-7-3-1-6(2-4-7)9(14)11-5-8(12)13/h1-4H,5H2,(H,11,14)(H,12,13)/p-1. The molecule has 0 heterocycles. The molecule has 0 unspecified atom stereocenters. The smallest absolute Gasteiger partial charge is 0.251 e. The van der Waals surface area contributed by atoms with Crippen LogP contribution < -0.4 is 10.4 Å². The van der Waals surface area contributed by atoms with Gasteiger partial charge in [0.25, 0.3) is 5.91 Å². The summed E-state index contributed by atoms with van der Waals surface area (Å²) in [5.74, 6) is -1.71. The first-order valence-electron chi connectivity index (χ1n) is 3.83. The van der Waals surface area contributed by atoms with Crippen LogP contribution in [0.1, 0.15) is 10.4 Å². The Kier molecular flexibility index (Phi) is 3.87. The minimum atomic E-state index is -1.30. The molecular formula is C9H7INO3-. The van der Waals surface area contributed by atoms with E-state index in [9.17, 15) is 14.7 Å². The quantitative estimate of drug-likeness (QED) is 0.784. The molecule has 0 atom stereocenters. The highest BCUT2D eigenvalue weighted by atomic mass is 127. The lowest BCUT2D eigenvalue weighted by Crippen LogP contribution is -2.37. The van der Waals surface area contributed by atoms with Gasteiger partial charge in [0.15, 0.2) is 0 Å². The van der Waals surface area contributed by atoms with Crippen LogP contribution in [0.25, 0.3) is 0 Å². The number of benzene rings is 1. The molecule has 0 spiro atoms. The summed E-state index contributed by atoms with van der Waals surface area (Å²) in [5, 5.41) is 12.3. The van der Waals surface area contributed by atoms with Gasteiger partial charge in [-0.15, -0.1) is 0 Å². The van der Waals surface area contributed by atoms with E-state index in [1.54, 1.807) is 24.3 Å². The molecule has 0 aromatic heterocycles. The maximum atomic E-state index is 11.3. The third kappa shape index (κ3) is 3.33. The van der Waals surface area contributed by atoms with E-state index in [4.69, 9.17) is 0 Å². The van der Waals surface area contributed by atoms with Crippen LogP contribution in [0.2, 0.25) is 0 Å². The number of hydrogen-bond acceptors (Lipinski definition) is 3. The van der Waals surface area contributed by atoms with Crippen molar-refractivity contribution in [2.45, 2.75) is 0 Å². The molecule has 74 valence electrons. The number of rotatable bonds is 3. The van der Waals surface area contributed by atoms with Crippen molar-refractivity contribution in [3.05, 3.63) is 33.4 Å². The molecule has 0 aliphatic carbocycles. The van der Waals surface area contributed by atoms with E-state index < -0.39 is 18.4 Å². The fourth-order valence-electron chi connectivity index (χ4n) is 0.856. The summed E-state index contributed by atoms with van der Waals surface area (Å²) in [6.45, 7) is -0.467. The van der Waals surface area contributed by atoms with Crippen molar-refractivity contribution >= 4 is 34.5 Å². The topological polar surface area (TPSA) is 69.2 Å². The van der Waals surface area contributed by atoms with Gasteiger partial charge >= 0.3 is 0 Å². The number of carboxylic acid groups (broad SMARTS) is 1. The van der Waals surface area contributed by atoms with Crippen LogP contribution in [0.3, 0.4) is 0 Å². The van der Waals surface area contributed by atoms with Crippen LogP contribution in [-0.2, 0) is 4.79 Å². The molecule has 0 aliphatic rings. The highest BCUT2D eigenvalue weighted by Gasteiger charge is 2.03. The second-order valence-corrected chi connectivity index (χ2v) is 3.81. The molecule has 1 N–H and O–H groups in total. The number of hydrogen-bond donors (Lipinski definition) is 1. The number of carboxylic acids is 1. The Balaban J connectivity index is 2.61. The lowest BCUT2D eigenvalue weighted by Gasteiger charge is -2.05. The van der Waals surface area contributed by atoms with Gasteiger partial charge in [-0.25, -0.2) is 0 Å². The molecule has 0 fully saturated rings. The van der Waals surface area contributed by atoms with Crippen molar-refractivity contribution in [1.82, 2.24) is 5.32 Å². The maximum Gasteiger partial charge on any atom is 0.251 e. The summed E-state index contributed by atoms with van der Waals surface area (Å²) in [6.07, 6.45) is 0. The Morgan fingerprint density at radius 1 is 1.29 bits per heavy atom. The molecule has 5 heteroatoms. The lowest BCUT2D eigenvalue weighted by atomic mass is 10.2. The molecule has 4 nitrogen and oxygen atoms in total. The first kappa shape index (κ1) is 11.0. The zero-order valence-electron chi connectivity index (χ0n) is 7.12. The molecule has 1 aromatic carbocycles. The number of aliphatic carboxylic acids is 1. The number of nitrogens with one attached hydrogen (secondary N) is 1. The highest BCUT2D eigenvalue weighted by Crippen LogP contribution is 2.06. The van der Waals surface area contributed by atoms with E-state index in [2.05, 4.69) is 27.9 Å². The summed E-state index contributed by atoms with van der Waals surface area (Å²) >= 11 is 2.12. The normalized spacial score (nSPS) is 9.50. The Bertz CT molecular complexity index is 348. The van der Waals surface area contributed by atoms with Gasteiger partial charge in [0, 0.05) is 9.13 Å². The molecule has 1 aromatic rings. The van der Waals surface area contributed by atoms with Crippen molar-refractivity contribution in [3.63, 3.8) is 0 Å². The van der Waals surface area contributed by atoms with E-state index in [0.717, 1.165) is 3.57 Å². The lowest BCUT2D eigenvalue weighted by molar-refractivity contribution is -0.303. The zero-order chi connectivity index (χ0) is 10.6. The van der Waals surface area contributed by atoms with Crippen LogP contribution in [0.4, 0.5) is 0 Å². The molecule has 1 rings (SSSR count). The Labute approximate surface area is 94.5 Å². The average molecular weight is 304 g/mol. The second kappa shape index (κ2) is 4.94. The number of halogens is 1. The van der Waals surface area contributed by atoms with Crippen LogP contribution >= 0.6 is 22.6 Å². The molecule has 0 saturated carbocycles. The van der Waals surface area contributed by atoms with Gasteiger partial charge in [-0.2, -0.15) is 0 Å². The Hall–Kier alpha value is -1.11. The summed E-state index contributed by atoms with van der Waals surface area (Å²) in [5.41, 5.74) is 0.437. The summed E-state index contributed by atoms with van der Waals surface area (Å²) in [7, 11) is 0. The van der Waals surface area contributed by atoms with Gasteiger partial charge in [-0.1, -0.05) is 0 Å². The van der Waals surface area contributed by atoms with Crippen LogP contribution in [-0.4, -0.2) is 18.4 Å². The first-order valence-corrected chi connectivity index (χ1v) is 4.91. The van der Waals surface area contributed by atoms with E-state index >= 15 is 0 Å². The SMILES string of the molecule is O=C([O-])CNC(=O)c1ccc(I)cc1. The van der Waals surface area contributed by atoms with Gasteiger partial charge < -0.3 is 15.2 Å². The fourth-order valence-corrected chi connectivity index (χ4v) is 1.22. The van der Waals surface area contributed by atoms with Crippen LogP contribution in [0.5, 0.6) is 0 Å². The average Bonchev–Trinajstić information content (AvgIpc) is 2.15. The van der Waals surface area contributed by atoms with Gasteiger partial charge in [-0.3, -0.25) is 4.79 Å². The van der Waals surface area contributed by atoms with Crippen LogP contribution in [0, 0.1) is 3.57 Å². The predicted molar refractivity (Wildman–Crippen MR) is 56.5 cm³/mol. The van der Waals surface area contributed by atoms with Crippen LogP contribution in [0.15, 0.2) is 24.3 Å². The molecule has 0 aliphatic heterocycles. The largest absolute Gasteiger partial charge is 0.548 e. The second-order valence-electron chi connectivity index (χ2n) is 2.56. The number of amides is 1. The summed E-state index contributed by atoms with van der Waals surface area (Å²) < 4.78 is 1.01. The first-order chi connectivity index (χ1) is 6.59. The summed E-state index contributed by atoms with van der Waals surface area (Å²) in [4.78, 5) is 21.3. The van der Waals surface area contributed by atoms with Gasteiger partial charge in [0.2, 0.25) is 0 Å². The fraction of sp³-hybridized carbons (Fsp3) is 0.111. The van der Waals surface area contributed by atoms with Crippen molar-refractivity contribution in [2.75, 3.05) is 6.54 Å². The van der Waals surface area contributed by atoms with E-state index in [1.807, 2.05) is 0 Å². The Morgan fingerprint density at radius 3 is 2.36 bits per heavy atom. The van der Waals surface area contributed by atoms with Crippen molar-refractivity contribution in [2.24, 2.45) is 0 Å². The maximum absolute atomic E-state index is 11.3. The van der Waals surface area contributed by atoms with Crippen molar-refractivity contribution in [1.29, 1.82) is 0 Å². The van der Waals surface area contributed by atoms with Crippen molar-refractivity contribution < 1.29 is 14.7 Å².